The molecule has 1 fully saturated rings. The number of allylic oxidation sites excluding steroid dienone is 3. The number of unbranched alkanes of at least 4 members (excludes halogenated alkanes) is 3. The monoisotopic (exact) mass is 250 g/mol. The Morgan fingerprint density at radius 3 is 2.11 bits per heavy atom. The molecule has 1 aliphatic heterocycles. The first-order chi connectivity index (χ1) is 8.39. The second-order valence-corrected chi connectivity index (χ2v) is 5.93. The second kappa shape index (κ2) is 6.58. The minimum atomic E-state index is -0.243. The molecule has 0 radical (unpaired) electrons. The van der Waals surface area contributed by atoms with Crippen molar-refractivity contribution < 1.29 is 9.31 Å². The first-order valence-corrected chi connectivity index (χ1v) is 7.08. The average Bonchev–Trinajstić information content (AvgIpc) is 2.46. The molecule has 1 heterocycles. The molecule has 1 rings (SSSR count). The van der Waals surface area contributed by atoms with Crippen molar-refractivity contribution in [2.45, 2.75) is 71.5 Å². The van der Waals surface area contributed by atoms with E-state index < -0.39 is 0 Å². The molecule has 0 aromatic carbocycles. The van der Waals surface area contributed by atoms with Crippen LogP contribution in [-0.4, -0.2) is 18.3 Å². The summed E-state index contributed by atoms with van der Waals surface area (Å²) in [6.45, 7) is 10.5. The van der Waals surface area contributed by atoms with E-state index in [1.165, 1.54) is 19.3 Å². The summed E-state index contributed by atoms with van der Waals surface area (Å²) in [5.74, 6) is 1.98. The molecule has 1 aliphatic rings. The van der Waals surface area contributed by atoms with Crippen LogP contribution in [0.3, 0.4) is 0 Å². The first kappa shape index (κ1) is 15.5. The third-order valence-corrected chi connectivity index (χ3v) is 3.76. The molecule has 0 unspecified atom stereocenters. The number of rotatable bonds is 6. The van der Waals surface area contributed by atoms with Gasteiger partial charge in [-0.15, -0.1) is 0 Å². The summed E-state index contributed by atoms with van der Waals surface area (Å²) < 4.78 is 11.7. The van der Waals surface area contributed by atoms with Gasteiger partial charge in [-0.25, -0.2) is 0 Å². The zero-order valence-corrected chi connectivity index (χ0v) is 12.5. The predicted molar refractivity (Wildman–Crippen MR) is 78.5 cm³/mol. The van der Waals surface area contributed by atoms with Gasteiger partial charge in [-0.2, -0.15) is 0 Å². The van der Waals surface area contributed by atoms with E-state index >= 15 is 0 Å². The molecule has 0 aliphatic carbocycles. The Morgan fingerprint density at radius 1 is 0.944 bits per heavy atom. The van der Waals surface area contributed by atoms with Crippen molar-refractivity contribution in [2.75, 3.05) is 0 Å². The van der Waals surface area contributed by atoms with E-state index in [2.05, 4.69) is 46.8 Å². The fourth-order valence-corrected chi connectivity index (χ4v) is 1.81. The molecular formula is C15H27BO2. The van der Waals surface area contributed by atoms with Gasteiger partial charge < -0.3 is 9.31 Å². The van der Waals surface area contributed by atoms with Crippen LogP contribution in [0.15, 0.2) is 24.2 Å². The molecule has 0 aromatic rings. The highest BCUT2D eigenvalue weighted by atomic mass is 16.7. The van der Waals surface area contributed by atoms with E-state index in [-0.39, 0.29) is 18.3 Å². The molecular weight excluding hydrogens is 223 g/mol. The summed E-state index contributed by atoms with van der Waals surface area (Å²) >= 11 is 0. The van der Waals surface area contributed by atoms with Gasteiger partial charge in [0.25, 0.3) is 0 Å². The molecule has 0 bridgehead atoms. The Morgan fingerprint density at radius 2 is 1.56 bits per heavy atom. The summed E-state index contributed by atoms with van der Waals surface area (Å²) in [7, 11) is -0.227. The van der Waals surface area contributed by atoms with Gasteiger partial charge in [-0.1, -0.05) is 44.0 Å². The van der Waals surface area contributed by atoms with Crippen LogP contribution in [0.5, 0.6) is 0 Å². The van der Waals surface area contributed by atoms with Crippen LogP contribution in [0.2, 0.25) is 0 Å². The van der Waals surface area contributed by atoms with E-state index in [1.807, 2.05) is 12.1 Å². The molecule has 0 aromatic heterocycles. The lowest BCUT2D eigenvalue weighted by molar-refractivity contribution is 0.00578. The molecule has 0 saturated carbocycles. The SMILES string of the molecule is CCCCC/C=C/C=C/B1OC(C)(C)C(C)(C)O1. The summed E-state index contributed by atoms with van der Waals surface area (Å²) in [5, 5.41) is 0. The van der Waals surface area contributed by atoms with Crippen molar-refractivity contribution in [2.24, 2.45) is 0 Å². The predicted octanol–water partition coefficient (Wildman–Crippen LogP) is 4.31. The molecule has 102 valence electrons. The van der Waals surface area contributed by atoms with Gasteiger partial charge in [0.2, 0.25) is 0 Å². The molecule has 1 saturated heterocycles. The third-order valence-electron chi connectivity index (χ3n) is 3.76. The number of hydrogen-bond donors (Lipinski definition) is 0. The van der Waals surface area contributed by atoms with E-state index in [9.17, 15) is 0 Å². The fraction of sp³-hybridized carbons (Fsp3) is 0.733. The minimum Gasteiger partial charge on any atom is -0.400 e. The zero-order valence-electron chi connectivity index (χ0n) is 12.5. The standard InChI is InChI=1S/C15H27BO2/c1-6-7-8-9-10-11-12-13-16-17-14(2,3)15(4,5)18-16/h10-13H,6-9H2,1-5H3/b11-10+,13-12+. The van der Waals surface area contributed by atoms with Crippen LogP contribution in [0.1, 0.15) is 60.3 Å². The molecule has 18 heavy (non-hydrogen) atoms. The Labute approximate surface area is 113 Å². The zero-order chi connectivity index (χ0) is 13.6. The van der Waals surface area contributed by atoms with Crippen LogP contribution < -0.4 is 0 Å². The van der Waals surface area contributed by atoms with Gasteiger partial charge in [0, 0.05) is 0 Å². The Hall–Kier alpha value is -0.535. The van der Waals surface area contributed by atoms with Gasteiger partial charge in [-0.05, 0) is 40.5 Å². The maximum absolute atomic E-state index is 5.87. The maximum Gasteiger partial charge on any atom is 0.487 e. The second-order valence-electron chi connectivity index (χ2n) is 5.93. The highest BCUT2D eigenvalue weighted by Gasteiger charge is 2.49. The van der Waals surface area contributed by atoms with Crippen molar-refractivity contribution >= 4 is 7.12 Å². The smallest absolute Gasteiger partial charge is 0.400 e. The third kappa shape index (κ3) is 4.29. The van der Waals surface area contributed by atoms with Crippen molar-refractivity contribution in [3.63, 3.8) is 0 Å². The van der Waals surface area contributed by atoms with Crippen molar-refractivity contribution in [1.29, 1.82) is 0 Å². The van der Waals surface area contributed by atoms with Crippen molar-refractivity contribution in [1.82, 2.24) is 0 Å². The van der Waals surface area contributed by atoms with E-state index in [1.54, 1.807) is 0 Å². The summed E-state index contributed by atoms with van der Waals surface area (Å²) in [6.07, 6.45) is 11.3. The van der Waals surface area contributed by atoms with Crippen LogP contribution in [0.25, 0.3) is 0 Å². The van der Waals surface area contributed by atoms with Crippen LogP contribution in [-0.2, 0) is 9.31 Å². The van der Waals surface area contributed by atoms with Crippen LogP contribution >= 0.6 is 0 Å². The van der Waals surface area contributed by atoms with Gasteiger partial charge in [0.15, 0.2) is 0 Å². The van der Waals surface area contributed by atoms with E-state index in [4.69, 9.17) is 9.31 Å². The highest BCUT2D eigenvalue weighted by molar-refractivity contribution is 6.51. The number of hydrogen-bond acceptors (Lipinski definition) is 2. The summed E-state index contributed by atoms with van der Waals surface area (Å²) in [4.78, 5) is 0. The molecule has 0 amide bonds. The normalized spacial score (nSPS) is 22.4. The lowest BCUT2D eigenvalue weighted by Gasteiger charge is -2.32. The quantitative estimate of drug-likeness (QED) is 0.397. The molecule has 0 N–H and O–H groups in total. The fourth-order valence-electron chi connectivity index (χ4n) is 1.81. The van der Waals surface area contributed by atoms with E-state index in [0.29, 0.717) is 0 Å². The van der Waals surface area contributed by atoms with Gasteiger partial charge in [0.1, 0.15) is 0 Å². The Kier molecular flexibility index (Phi) is 5.67. The molecule has 3 heteroatoms. The van der Waals surface area contributed by atoms with Gasteiger partial charge in [-0.3, -0.25) is 0 Å². The lowest BCUT2D eigenvalue weighted by Crippen LogP contribution is -2.41. The lowest BCUT2D eigenvalue weighted by atomic mass is 9.90. The van der Waals surface area contributed by atoms with Gasteiger partial charge >= 0.3 is 7.12 Å². The molecule has 0 atom stereocenters. The van der Waals surface area contributed by atoms with Crippen molar-refractivity contribution in [3.05, 3.63) is 24.2 Å². The Bertz CT molecular complexity index is 290. The van der Waals surface area contributed by atoms with Crippen LogP contribution in [0, 0.1) is 0 Å². The molecule has 2 nitrogen and oxygen atoms in total. The first-order valence-electron chi connectivity index (χ1n) is 7.08. The minimum absolute atomic E-state index is 0.227. The van der Waals surface area contributed by atoms with Crippen molar-refractivity contribution in [3.8, 4) is 0 Å². The van der Waals surface area contributed by atoms with E-state index in [0.717, 1.165) is 6.42 Å². The highest BCUT2D eigenvalue weighted by Crippen LogP contribution is 2.36. The van der Waals surface area contributed by atoms with Crippen LogP contribution in [0.4, 0.5) is 0 Å². The Balaban J connectivity index is 2.32. The topological polar surface area (TPSA) is 18.5 Å². The summed E-state index contributed by atoms with van der Waals surface area (Å²) in [5.41, 5.74) is -0.486. The maximum atomic E-state index is 5.87. The average molecular weight is 250 g/mol. The van der Waals surface area contributed by atoms with Gasteiger partial charge in [0.05, 0.1) is 11.2 Å². The molecule has 0 spiro atoms. The summed E-state index contributed by atoms with van der Waals surface area (Å²) in [6, 6.07) is 0. The largest absolute Gasteiger partial charge is 0.487 e.